The van der Waals surface area contributed by atoms with Crippen molar-refractivity contribution in [2.75, 3.05) is 37.9 Å². The first-order valence-corrected chi connectivity index (χ1v) is 5.12. The predicted octanol–water partition coefficient (Wildman–Crippen LogP) is 0.106. The van der Waals surface area contributed by atoms with Crippen LogP contribution in [0.25, 0.3) is 0 Å². The van der Waals surface area contributed by atoms with Gasteiger partial charge in [-0.2, -0.15) is 15.0 Å². The van der Waals surface area contributed by atoms with Crippen molar-refractivity contribution in [1.29, 1.82) is 0 Å². The maximum Gasteiger partial charge on any atom is 0.322 e. The molecule has 7 heteroatoms. The third-order valence-corrected chi connectivity index (χ3v) is 1.89. The summed E-state index contributed by atoms with van der Waals surface area (Å²) in [5.74, 6) is 0.922. The molecule has 0 unspecified atom stereocenters. The van der Waals surface area contributed by atoms with E-state index in [2.05, 4.69) is 25.6 Å². The first-order valence-electron chi connectivity index (χ1n) is 5.12. The minimum absolute atomic E-state index is 0.198. The predicted molar refractivity (Wildman–Crippen MR) is 60.7 cm³/mol. The van der Waals surface area contributed by atoms with Gasteiger partial charge in [0.05, 0.1) is 7.11 Å². The van der Waals surface area contributed by atoms with Crippen LogP contribution in [0.3, 0.4) is 0 Å². The van der Waals surface area contributed by atoms with Gasteiger partial charge in [-0.25, -0.2) is 0 Å². The Morgan fingerprint density at radius 1 is 1.19 bits per heavy atom. The van der Waals surface area contributed by atoms with E-state index in [9.17, 15) is 0 Å². The van der Waals surface area contributed by atoms with Crippen molar-refractivity contribution in [3.8, 4) is 6.01 Å². The first kappa shape index (κ1) is 12.4. The minimum Gasteiger partial charge on any atom is -0.467 e. The van der Waals surface area contributed by atoms with Gasteiger partial charge in [-0.15, -0.1) is 0 Å². The summed E-state index contributed by atoms with van der Waals surface area (Å²) in [6.07, 6.45) is 1.62. The normalized spacial score (nSPS) is 9.94. The molecule has 0 radical (unpaired) electrons. The number of unbranched alkanes of at least 4 members (excludes halogenated alkanes) is 1. The molecule has 0 aliphatic rings. The fourth-order valence-electron chi connectivity index (χ4n) is 1.08. The van der Waals surface area contributed by atoms with E-state index in [1.54, 1.807) is 7.05 Å². The van der Waals surface area contributed by atoms with Crippen LogP contribution in [0.4, 0.5) is 11.9 Å². The van der Waals surface area contributed by atoms with Gasteiger partial charge in [-0.3, -0.25) is 0 Å². The summed E-state index contributed by atoms with van der Waals surface area (Å²) in [6, 6.07) is 0.268. The van der Waals surface area contributed by atoms with Crippen LogP contribution in [-0.2, 0) is 0 Å². The lowest BCUT2D eigenvalue weighted by Gasteiger charge is -2.07. The quantitative estimate of drug-likeness (QED) is 0.569. The second-order valence-electron chi connectivity index (χ2n) is 3.08. The molecule has 1 rings (SSSR count). The van der Waals surface area contributed by atoms with Gasteiger partial charge in [0.25, 0.3) is 0 Å². The van der Waals surface area contributed by atoms with Gasteiger partial charge in [0.1, 0.15) is 0 Å². The van der Waals surface area contributed by atoms with Crippen LogP contribution in [0.1, 0.15) is 12.8 Å². The second kappa shape index (κ2) is 6.78. The highest BCUT2D eigenvalue weighted by Gasteiger charge is 2.04. The van der Waals surface area contributed by atoms with Crippen molar-refractivity contribution in [3.63, 3.8) is 0 Å². The number of hydrogen-bond donors (Lipinski definition) is 3. The maximum atomic E-state index is 8.63. The number of methoxy groups -OCH3 is 1. The Morgan fingerprint density at radius 3 is 2.56 bits per heavy atom. The van der Waals surface area contributed by atoms with Gasteiger partial charge in [0.2, 0.25) is 11.9 Å². The molecule has 0 aliphatic carbocycles. The molecule has 0 fully saturated rings. The topological polar surface area (TPSA) is 92.2 Å². The van der Waals surface area contributed by atoms with Crippen LogP contribution < -0.4 is 15.4 Å². The van der Waals surface area contributed by atoms with Gasteiger partial charge < -0.3 is 20.5 Å². The molecule has 0 saturated heterocycles. The highest BCUT2D eigenvalue weighted by Crippen LogP contribution is 2.09. The molecule has 90 valence electrons. The second-order valence-corrected chi connectivity index (χ2v) is 3.08. The van der Waals surface area contributed by atoms with Gasteiger partial charge >= 0.3 is 6.01 Å². The summed E-state index contributed by atoms with van der Waals surface area (Å²) in [6.45, 7) is 0.904. The van der Waals surface area contributed by atoms with Crippen LogP contribution in [0, 0.1) is 0 Å². The van der Waals surface area contributed by atoms with E-state index in [1.807, 2.05) is 0 Å². The smallest absolute Gasteiger partial charge is 0.322 e. The number of anilines is 2. The lowest BCUT2D eigenvalue weighted by atomic mass is 10.3. The molecular weight excluding hydrogens is 210 g/mol. The Labute approximate surface area is 94.3 Å². The molecule has 1 aromatic heterocycles. The van der Waals surface area contributed by atoms with Gasteiger partial charge in [-0.1, -0.05) is 0 Å². The average Bonchev–Trinajstić information content (AvgIpc) is 2.34. The van der Waals surface area contributed by atoms with Crippen molar-refractivity contribution in [2.24, 2.45) is 0 Å². The zero-order chi connectivity index (χ0) is 11.8. The fourth-order valence-corrected chi connectivity index (χ4v) is 1.08. The number of rotatable bonds is 7. The number of aliphatic hydroxyl groups excluding tert-OH is 1. The van der Waals surface area contributed by atoms with Gasteiger partial charge in [-0.05, 0) is 12.8 Å². The average molecular weight is 227 g/mol. The van der Waals surface area contributed by atoms with Gasteiger partial charge in [0, 0.05) is 20.2 Å². The fraction of sp³-hybridized carbons (Fsp3) is 0.667. The Bertz CT molecular complexity index is 299. The molecule has 1 aromatic rings. The molecule has 0 saturated carbocycles. The molecule has 0 amide bonds. The monoisotopic (exact) mass is 227 g/mol. The number of ether oxygens (including phenoxy) is 1. The number of hydrogen-bond acceptors (Lipinski definition) is 7. The van der Waals surface area contributed by atoms with Crippen LogP contribution in [0.5, 0.6) is 6.01 Å². The highest BCUT2D eigenvalue weighted by atomic mass is 16.5. The molecule has 0 bridgehead atoms. The summed E-state index contributed by atoms with van der Waals surface area (Å²) < 4.78 is 4.94. The Kier molecular flexibility index (Phi) is 5.27. The Hall–Kier alpha value is -1.63. The number of aromatic nitrogens is 3. The molecule has 0 aromatic carbocycles. The SMILES string of the molecule is CNc1nc(NCCCCO)nc(OC)n1. The number of nitrogens with one attached hydrogen (secondary N) is 2. The molecule has 0 spiro atoms. The first-order chi connectivity index (χ1) is 7.80. The van der Waals surface area contributed by atoms with Crippen LogP contribution in [0.2, 0.25) is 0 Å². The van der Waals surface area contributed by atoms with Crippen molar-refractivity contribution < 1.29 is 9.84 Å². The summed E-state index contributed by atoms with van der Waals surface area (Å²) >= 11 is 0. The molecule has 1 heterocycles. The standard InChI is InChI=1S/C9H17N5O2/c1-10-7-12-8(11-5-3-4-6-15)14-9(13-7)16-2/h15H,3-6H2,1-2H3,(H2,10,11,12,13,14). The zero-order valence-electron chi connectivity index (χ0n) is 9.53. The van der Waals surface area contributed by atoms with E-state index in [4.69, 9.17) is 9.84 Å². The molecule has 16 heavy (non-hydrogen) atoms. The molecular formula is C9H17N5O2. The summed E-state index contributed by atoms with van der Waals surface area (Å²) in [7, 11) is 3.23. The zero-order valence-corrected chi connectivity index (χ0v) is 9.53. The van der Waals surface area contributed by atoms with Crippen molar-refractivity contribution >= 4 is 11.9 Å². The largest absolute Gasteiger partial charge is 0.467 e. The van der Waals surface area contributed by atoms with Crippen LogP contribution >= 0.6 is 0 Å². The van der Waals surface area contributed by atoms with E-state index in [-0.39, 0.29) is 12.6 Å². The lowest BCUT2D eigenvalue weighted by Crippen LogP contribution is -2.09. The maximum absolute atomic E-state index is 8.63. The molecule has 0 atom stereocenters. The van der Waals surface area contributed by atoms with Gasteiger partial charge in [0.15, 0.2) is 0 Å². The number of aliphatic hydroxyl groups is 1. The third kappa shape index (κ3) is 3.85. The molecule has 3 N–H and O–H groups in total. The molecule has 7 nitrogen and oxygen atoms in total. The Balaban J connectivity index is 2.57. The lowest BCUT2D eigenvalue weighted by molar-refractivity contribution is 0.286. The van der Waals surface area contributed by atoms with Crippen LogP contribution in [-0.4, -0.2) is 47.4 Å². The minimum atomic E-state index is 0.198. The van der Waals surface area contributed by atoms with Crippen molar-refractivity contribution in [3.05, 3.63) is 0 Å². The summed E-state index contributed by atoms with van der Waals surface area (Å²) in [5, 5.41) is 14.5. The highest BCUT2D eigenvalue weighted by molar-refractivity contribution is 5.35. The third-order valence-electron chi connectivity index (χ3n) is 1.89. The van der Waals surface area contributed by atoms with E-state index in [1.165, 1.54) is 7.11 Å². The Morgan fingerprint density at radius 2 is 1.94 bits per heavy atom. The summed E-state index contributed by atoms with van der Waals surface area (Å²) in [5.41, 5.74) is 0. The summed E-state index contributed by atoms with van der Waals surface area (Å²) in [4.78, 5) is 12.1. The van der Waals surface area contributed by atoms with E-state index >= 15 is 0 Å². The molecule has 0 aliphatic heterocycles. The van der Waals surface area contributed by atoms with E-state index in [0.717, 1.165) is 12.8 Å². The van der Waals surface area contributed by atoms with E-state index in [0.29, 0.717) is 18.4 Å². The van der Waals surface area contributed by atoms with E-state index < -0.39 is 0 Å². The van der Waals surface area contributed by atoms with Crippen LogP contribution in [0.15, 0.2) is 0 Å². The van der Waals surface area contributed by atoms with Crippen molar-refractivity contribution in [1.82, 2.24) is 15.0 Å². The van der Waals surface area contributed by atoms with Crippen molar-refractivity contribution in [2.45, 2.75) is 12.8 Å². The number of nitrogens with zero attached hydrogens (tertiary/aromatic N) is 3.